The second-order valence-corrected chi connectivity index (χ2v) is 5.46. The zero-order valence-corrected chi connectivity index (χ0v) is 12.3. The zero-order chi connectivity index (χ0) is 15.0. The molecule has 3 rings (SSSR count). The Hall–Kier alpha value is -2.50. The minimum absolute atomic E-state index is 0.121. The van der Waals surface area contributed by atoms with Crippen LogP contribution >= 0.6 is 0 Å². The van der Waals surface area contributed by atoms with Gasteiger partial charge in [-0.25, -0.2) is 9.97 Å². The molecule has 1 aromatic carbocycles. The van der Waals surface area contributed by atoms with E-state index in [1.165, 1.54) is 0 Å². The quantitative estimate of drug-likeness (QED) is 0.770. The van der Waals surface area contributed by atoms with Crippen molar-refractivity contribution in [3.8, 4) is 0 Å². The molecule has 108 valence electrons. The number of aryl methyl sites for hydroxylation is 1. The molecule has 2 N–H and O–H groups in total. The first kappa shape index (κ1) is 13.5. The number of nitrogens with one attached hydrogen (secondary N) is 2. The van der Waals surface area contributed by atoms with Crippen molar-refractivity contribution < 1.29 is 0 Å². The van der Waals surface area contributed by atoms with Crippen molar-refractivity contribution in [3.63, 3.8) is 0 Å². The first-order chi connectivity index (χ1) is 10.0. The molecule has 0 unspecified atom stereocenters. The molecule has 2 heterocycles. The maximum atomic E-state index is 12.2. The lowest BCUT2D eigenvalue weighted by Crippen LogP contribution is -2.13. The van der Waals surface area contributed by atoms with Crippen LogP contribution in [0, 0.1) is 6.92 Å². The third-order valence-electron chi connectivity index (χ3n) is 3.41. The van der Waals surface area contributed by atoms with Crippen LogP contribution in [0.1, 0.15) is 42.8 Å². The number of aromatic nitrogens is 5. The SMILES string of the molecule is Cc1nc(Cc2nc3ccc(C(C)C)cc3c(=O)[nH]2)n[nH]1. The van der Waals surface area contributed by atoms with E-state index in [4.69, 9.17) is 0 Å². The van der Waals surface area contributed by atoms with Crippen molar-refractivity contribution in [2.45, 2.75) is 33.1 Å². The summed E-state index contributed by atoms with van der Waals surface area (Å²) < 4.78 is 0. The van der Waals surface area contributed by atoms with Crippen LogP contribution < -0.4 is 5.56 Å². The molecule has 3 aromatic rings. The smallest absolute Gasteiger partial charge is 0.258 e. The Morgan fingerprint density at radius 3 is 2.71 bits per heavy atom. The van der Waals surface area contributed by atoms with Gasteiger partial charge in [0.2, 0.25) is 0 Å². The van der Waals surface area contributed by atoms with Crippen molar-refractivity contribution in [3.05, 3.63) is 51.6 Å². The molecule has 0 radical (unpaired) electrons. The van der Waals surface area contributed by atoms with E-state index in [0.717, 1.165) is 11.4 Å². The highest BCUT2D eigenvalue weighted by atomic mass is 16.1. The highest BCUT2D eigenvalue weighted by Crippen LogP contribution is 2.18. The predicted octanol–water partition coefficient (Wildman–Crippen LogP) is 2.06. The molecular weight excluding hydrogens is 266 g/mol. The normalized spacial score (nSPS) is 11.4. The third-order valence-corrected chi connectivity index (χ3v) is 3.41. The first-order valence-corrected chi connectivity index (χ1v) is 6.93. The number of benzene rings is 1. The topological polar surface area (TPSA) is 87.3 Å². The minimum atomic E-state index is -0.121. The molecule has 6 heteroatoms. The number of H-pyrrole nitrogens is 2. The van der Waals surface area contributed by atoms with Crippen molar-refractivity contribution in [1.29, 1.82) is 0 Å². The van der Waals surface area contributed by atoms with E-state index in [9.17, 15) is 4.79 Å². The number of aromatic amines is 2. The van der Waals surface area contributed by atoms with Gasteiger partial charge in [0.1, 0.15) is 11.6 Å². The van der Waals surface area contributed by atoms with Gasteiger partial charge in [-0.05, 0) is 30.5 Å². The van der Waals surface area contributed by atoms with E-state index in [-0.39, 0.29) is 5.56 Å². The van der Waals surface area contributed by atoms with Crippen molar-refractivity contribution in [1.82, 2.24) is 25.1 Å². The number of fused-ring (bicyclic) bond motifs is 1. The van der Waals surface area contributed by atoms with Crippen LogP contribution in [-0.4, -0.2) is 25.1 Å². The van der Waals surface area contributed by atoms with Crippen molar-refractivity contribution >= 4 is 10.9 Å². The summed E-state index contributed by atoms with van der Waals surface area (Å²) >= 11 is 0. The van der Waals surface area contributed by atoms with E-state index < -0.39 is 0 Å². The fraction of sp³-hybridized carbons (Fsp3) is 0.333. The van der Waals surface area contributed by atoms with Crippen molar-refractivity contribution in [2.24, 2.45) is 0 Å². The maximum Gasteiger partial charge on any atom is 0.258 e. The van der Waals surface area contributed by atoms with Crippen LogP contribution in [-0.2, 0) is 6.42 Å². The second-order valence-electron chi connectivity index (χ2n) is 5.46. The summed E-state index contributed by atoms with van der Waals surface area (Å²) in [4.78, 5) is 23.8. The maximum absolute atomic E-state index is 12.2. The Morgan fingerprint density at radius 2 is 2.05 bits per heavy atom. The van der Waals surface area contributed by atoms with Gasteiger partial charge in [-0.3, -0.25) is 9.89 Å². The van der Waals surface area contributed by atoms with Gasteiger partial charge in [0, 0.05) is 0 Å². The van der Waals surface area contributed by atoms with Crippen LogP contribution in [0.5, 0.6) is 0 Å². The third kappa shape index (κ3) is 2.69. The predicted molar refractivity (Wildman–Crippen MR) is 80.4 cm³/mol. The number of hydrogen-bond acceptors (Lipinski definition) is 4. The Morgan fingerprint density at radius 1 is 1.24 bits per heavy atom. The summed E-state index contributed by atoms with van der Waals surface area (Å²) in [6.45, 7) is 6.03. The van der Waals surface area contributed by atoms with Gasteiger partial charge < -0.3 is 4.98 Å². The number of rotatable bonds is 3. The van der Waals surface area contributed by atoms with Gasteiger partial charge in [0.05, 0.1) is 17.3 Å². The Balaban J connectivity index is 2.03. The highest BCUT2D eigenvalue weighted by molar-refractivity contribution is 5.78. The fourth-order valence-corrected chi connectivity index (χ4v) is 2.27. The van der Waals surface area contributed by atoms with E-state index in [1.807, 2.05) is 25.1 Å². The molecule has 21 heavy (non-hydrogen) atoms. The van der Waals surface area contributed by atoms with Crippen LogP contribution in [0.25, 0.3) is 10.9 Å². The fourth-order valence-electron chi connectivity index (χ4n) is 2.27. The summed E-state index contributed by atoms with van der Waals surface area (Å²) in [7, 11) is 0. The molecule has 2 aromatic heterocycles. The minimum Gasteiger partial charge on any atom is -0.310 e. The monoisotopic (exact) mass is 283 g/mol. The largest absolute Gasteiger partial charge is 0.310 e. The molecule has 0 spiro atoms. The molecule has 0 atom stereocenters. The highest BCUT2D eigenvalue weighted by Gasteiger charge is 2.09. The Kier molecular flexibility index (Phi) is 3.29. The molecule has 0 aliphatic heterocycles. The van der Waals surface area contributed by atoms with E-state index in [1.54, 1.807) is 0 Å². The molecule has 0 aliphatic rings. The van der Waals surface area contributed by atoms with Gasteiger partial charge in [-0.15, -0.1) is 0 Å². The average Bonchev–Trinajstić information content (AvgIpc) is 2.83. The van der Waals surface area contributed by atoms with Gasteiger partial charge in [-0.1, -0.05) is 19.9 Å². The molecule has 0 amide bonds. The molecule has 6 nitrogen and oxygen atoms in total. The van der Waals surface area contributed by atoms with Crippen molar-refractivity contribution in [2.75, 3.05) is 0 Å². The Bertz CT molecular complexity index is 847. The summed E-state index contributed by atoms with van der Waals surface area (Å²) in [6, 6.07) is 5.82. The average molecular weight is 283 g/mol. The Labute approximate surface area is 121 Å². The van der Waals surface area contributed by atoms with Crippen LogP contribution in [0.4, 0.5) is 0 Å². The summed E-state index contributed by atoms with van der Waals surface area (Å²) in [5.41, 5.74) is 1.71. The lowest BCUT2D eigenvalue weighted by molar-refractivity contribution is 0.866. The van der Waals surface area contributed by atoms with Gasteiger partial charge in [-0.2, -0.15) is 5.10 Å². The molecule has 0 fully saturated rings. The number of hydrogen-bond donors (Lipinski definition) is 2. The molecule has 0 saturated carbocycles. The van der Waals surface area contributed by atoms with E-state index in [0.29, 0.717) is 34.9 Å². The van der Waals surface area contributed by atoms with Gasteiger partial charge in [0.25, 0.3) is 5.56 Å². The number of nitrogens with zero attached hydrogens (tertiary/aromatic N) is 3. The lowest BCUT2D eigenvalue weighted by atomic mass is 10.0. The summed E-state index contributed by atoms with van der Waals surface area (Å²) in [5, 5.41) is 7.46. The summed E-state index contributed by atoms with van der Waals surface area (Å²) in [6.07, 6.45) is 0.404. The standard InChI is InChI=1S/C15H17N5O/c1-8(2)10-4-5-12-11(6-10)15(21)18-13(17-12)7-14-16-9(3)19-20-14/h4-6,8H,7H2,1-3H3,(H,16,19,20)(H,17,18,21). The van der Waals surface area contributed by atoms with E-state index >= 15 is 0 Å². The molecule has 0 bridgehead atoms. The lowest BCUT2D eigenvalue weighted by Gasteiger charge is -2.07. The van der Waals surface area contributed by atoms with Crippen LogP contribution in [0.15, 0.2) is 23.0 Å². The van der Waals surface area contributed by atoms with Gasteiger partial charge in [0.15, 0.2) is 5.82 Å². The van der Waals surface area contributed by atoms with Crippen LogP contribution in [0.2, 0.25) is 0 Å². The van der Waals surface area contributed by atoms with Crippen LogP contribution in [0.3, 0.4) is 0 Å². The van der Waals surface area contributed by atoms with E-state index in [2.05, 4.69) is 39.0 Å². The van der Waals surface area contributed by atoms with Gasteiger partial charge >= 0.3 is 0 Å². The molecule has 0 saturated heterocycles. The molecular formula is C15H17N5O. The molecule has 0 aliphatic carbocycles. The second kappa shape index (κ2) is 5.12. The zero-order valence-electron chi connectivity index (χ0n) is 12.3. The first-order valence-electron chi connectivity index (χ1n) is 6.93. The summed E-state index contributed by atoms with van der Waals surface area (Å²) in [5.74, 6) is 2.32.